The SMILES string of the molecule is CCC(C)(O)C(=O)c1ccc(Cc2ccc(C(=O)C3(O)CC3)cc2)cc1. The highest BCUT2D eigenvalue weighted by Crippen LogP contribution is 2.38. The molecule has 0 bridgehead atoms. The number of benzene rings is 2. The summed E-state index contributed by atoms with van der Waals surface area (Å²) in [7, 11) is 0. The summed E-state index contributed by atoms with van der Waals surface area (Å²) in [6.07, 6.45) is 2.14. The summed E-state index contributed by atoms with van der Waals surface area (Å²) in [5.74, 6) is -0.470. The van der Waals surface area contributed by atoms with Gasteiger partial charge in [0.2, 0.25) is 0 Å². The fraction of sp³-hybridized carbons (Fsp3) is 0.364. The minimum Gasteiger partial charge on any atom is -0.382 e. The van der Waals surface area contributed by atoms with Gasteiger partial charge in [-0.15, -0.1) is 0 Å². The summed E-state index contributed by atoms with van der Waals surface area (Å²) in [4.78, 5) is 24.4. The van der Waals surface area contributed by atoms with Crippen LogP contribution in [0.2, 0.25) is 0 Å². The van der Waals surface area contributed by atoms with Gasteiger partial charge >= 0.3 is 0 Å². The van der Waals surface area contributed by atoms with E-state index in [1.165, 1.54) is 6.92 Å². The second-order valence-corrected chi connectivity index (χ2v) is 7.39. The Kier molecular flexibility index (Phi) is 4.82. The molecule has 2 aromatic carbocycles. The van der Waals surface area contributed by atoms with E-state index in [0.29, 0.717) is 36.8 Å². The highest BCUT2D eigenvalue weighted by Gasteiger charge is 2.47. The number of aliphatic hydroxyl groups is 2. The lowest BCUT2D eigenvalue weighted by atomic mass is 9.91. The Hall–Kier alpha value is -2.30. The van der Waals surface area contributed by atoms with E-state index in [-0.39, 0.29) is 11.6 Å². The van der Waals surface area contributed by atoms with Crippen molar-refractivity contribution < 1.29 is 19.8 Å². The lowest BCUT2D eigenvalue weighted by molar-refractivity contribution is 0.0390. The third kappa shape index (κ3) is 3.76. The van der Waals surface area contributed by atoms with Crippen molar-refractivity contribution in [3.63, 3.8) is 0 Å². The first-order valence-corrected chi connectivity index (χ1v) is 8.97. The molecule has 0 heterocycles. The van der Waals surface area contributed by atoms with Crippen LogP contribution < -0.4 is 0 Å². The van der Waals surface area contributed by atoms with Gasteiger partial charge in [0, 0.05) is 11.1 Å². The molecule has 0 spiro atoms. The van der Waals surface area contributed by atoms with Gasteiger partial charge in [0.15, 0.2) is 11.6 Å². The Bertz CT molecular complexity index is 812. The van der Waals surface area contributed by atoms with E-state index in [4.69, 9.17) is 0 Å². The van der Waals surface area contributed by atoms with Crippen molar-refractivity contribution in [2.24, 2.45) is 0 Å². The van der Waals surface area contributed by atoms with Gasteiger partial charge in [0.05, 0.1) is 0 Å². The van der Waals surface area contributed by atoms with Gasteiger partial charge in [0.1, 0.15) is 11.2 Å². The highest BCUT2D eigenvalue weighted by atomic mass is 16.3. The van der Waals surface area contributed by atoms with Gasteiger partial charge in [0.25, 0.3) is 0 Å². The predicted molar refractivity (Wildman–Crippen MR) is 99.4 cm³/mol. The molecule has 1 saturated carbocycles. The Balaban J connectivity index is 1.68. The van der Waals surface area contributed by atoms with Crippen LogP contribution >= 0.6 is 0 Å². The van der Waals surface area contributed by atoms with Crippen LogP contribution in [0.4, 0.5) is 0 Å². The molecule has 3 rings (SSSR count). The molecular formula is C22H24O4. The van der Waals surface area contributed by atoms with E-state index < -0.39 is 11.2 Å². The molecule has 0 saturated heterocycles. The van der Waals surface area contributed by atoms with Crippen LogP contribution in [0.3, 0.4) is 0 Å². The molecule has 4 nitrogen and oxygen atoms in total. The largest absolute Gasteiger partial charge is 0.382 e. The quantitative estimate of drug-likeness (QED) is 0.750. The van der Waals surface area contributed by atoms with E-state index in [9.17, 15) is 19.8 Å². The van der Waals surface area contributed by atoms with Crippen LogP contribution in [0.5, 0.6) is 0 Å². The van der Waals surface area contributed by atoms with E-state index in [2.05, 4.69) is 0 Å². The summed E-state index contributed by atoms with van der Waals surface area (Å²) in [5.41, 5.74) is 0.649. The number of hydrogen-bond donors (Lipinski definition) is 2. The molecule has 136 valence electrons. The minimum atomic E-state index is -1.34. The zero-order chi connectivity index (χ0) is 18.9. The Morgan fingerprint density at radius 2 is 1.42 bits per heavy atom. The van der Waals surface area contributed by atoms with Crippen molar-refractivity contribution in [2.45, 2.75) is 50.7 Å². The first-order chi connectivity index (χ1) is 12.2. The molecule has 1 aliphatic carbocycles. The molecule has 4 heteroatoms. The van der Waals surface area contributed by atoms with Crippen molar-refractivity contribution in [3.05, 3.63) is 70.8 Å². The molecule has 1 atom stereocenters. The molecule has 2 aromatic rings. The van der Waals surface area contributed by atoms with Gasteiger partial charge in [-0.3, -0.25) is 9.59 Å². The van der Waals surface area contributed by atoms with Gasteiger partial charge < -0.3 is 10.2 Å². The number of carbonyl (C=O) groups excluding carboxylic acids is 2. The first kappa shape index (κ1) is 18.5. The summed E-state index contributed by atoms with van der Waals surface area (Å²) in [5, 5.41) is 20.0. The molecule has 1 aliphatic rings. The van der Waals surface area contributed by atoms with Gasteiger partial charge in [-0.2, -0.15) is 0 Å². The maximum Gasteiger partial charge on any atom is 0.194 e. The topological polar surface area (TPSA) is 74.6 Å². The van der Waals surface area contributed by atoms with Crippen LogP contribution in [0.15, 0.2) is 48.5 Å². The third-order valence-electron chi connectivity index (χ3n) is 5.16. The Morgan fingerprint density at radius 3 is 1.85 bits per heavy atom. The van der Waals surface area contributed by atoms with Crippen LogP contribution in [-0.2, 0) is 6.42 Å². The molecule has 1 fully saturated rings. The smallest absolute Gasteiger partial charge is 0.194 e. The number of hydrogen-bond acceptors (Lipinski definition) is 4. The van der Waals surface area contributed by atoms with Gasteiger partial charge in [-0.1, -0.05) is 55.5 Å². The van der Waals surface area contributed by atoms with E-state index >= 15 is 0 Å². The average Bonchev–Trinajstić information content (AvgIpc) is 3.40. The van der Waals surface area contributed by atoms with E-state index in [1.54, 1.807) is 31.2 Å². The maximum atomic E-state index is 12.3. The lowest BCUT2D eigenvalue weighted by Crippen LogP contribution is -2.34. The van der Waals surface area contributed by atoms with Crippen molar-refractivity contribution in [1.29, 1.82) is 0 Å². The van der Waals surface area contributed by atoms with Crippen molar-refractivity contribution in [3.8, 4) is 0 Å². The number of rotatable bonds is 7. The predicted octanol–water partition coefficient (Wildman–Crippen LogP) is 3.33. The molecule has 2 N–H and O–H groups in total. The van der Waals surface area contributed by atoms with Crippen molar-refractivity contribution in [2.75, 3.05) is 0 Å². The average molecular weight is 352 g/mol. The fourth-order valence-electron chi connectivity index (χ4n) is 2.87. The molecule has 0 aliphatic heterocycles. The van der Waals surface area contributed by atoms with Gasteiger partial charge in [-0.05, 0) is 43.7 Å². The normalized spacial score (nSPS) is 17.4. The lowest BCUT2D eigenvalue weighted by Gasteiger charge is -2.19. The monoisotopic (exact) mass is 352 g/mol. The minimum absolute atomic E-state index is 0.199. The van der Waals surface area contributed by atoms with Crippen LogP contribution in [-0.4, -0.2) is 33.0 Å². The first-order valence-electron chi connectivity index (χ1n) is 8.97. The zero-order valence-corrected chi connectivity index (χ0v) is 15.2. The standard InChI is InChI=1S/C22H24O4/c1-3-21(2,25)19(23)17-8-4-15(5-9-17)14-16-6-10-18(11-7-16)20(24)22(26)12-13-22/h4-11,25-26H,3,12-14H2,1-2H3. The van der Waals surface area contributed by atoms with Crippen LogP contribution in [0.1, 0.15) is 65.0 Å². The van der Waals surface area contributed by atoms with E-state index in [1.807, 2.05) is 24.3 Å². The Morgan fingerprint density at radius 1 is 0.962 bits per heavy atom. The molecule has 0 amide bonds. The molecule has 0 radical (unpaired) electrons. The fourth-order valence-corrected chi connectivity index (χ4v) is 2.87. The van der Waals surface area contributed by atoms with Crippen molar-refractivity contribution in [1.82, 2.24) is 0 Å². The number of ketones is 2. The second-order valence-electron chi connectivity index (χ2n) is 7.39. The summed E-state index contributed by atoms with van der Waals surface area (Å²) in [6, 6.07) is 14.5. The second kappa shape index (κ2) is 6.78. The van der Waals surface area contributed by atoms with Gasteiger partial charge in [-0.25, -0.2) is 0 Å². The van der Waals surface area contributed by atoms with E-state index in [0.717, 1.165) is 11.1 Å². The summed E-state index contributed by atoms with van der Waals surface area (Å²) in [6.45, 7) is 3.31. The molecular weight excluding hydrogens is 328 g/mol. The van der Waals surface area contributed by atoms with Crippen LogP contribution in [0.25, 0.3) is 0 Å². The zero-order valence-electron chi connectivity index (χ0n) is 15.2. The van der Waals surface area contributed by atoms with Crippen molar-refractivity contribution >= 4 is 11.6 Å². The number of carbonyl (C=O) groups is 2. The third-order valence-corrected chi connectivity index (χ3v) is 5.16. The Labute approximate surface area is 153 Å². The summed E-state index contributed by atoms with van der Waals surface area (Å²) < 4.78 is 0. The number of Topliss-reactive ketones (excluding diaryl/α,β-unsaturated/α-hetero) is 2. The molecule has 0 aromatic heterocycles. The maximum absolute atomic E-state index is 12.3. The summed E-state index contributed by atoms with van der Waals surface area (Å²) >= 11 is 0. The molecule has 1 unspecified atom stereocenters. The van der Waals surface area contributed by atoms with Crippen LogP contribution in [0, 0.1) is 0 Å². The molecule has 26 heavy (non-hydrogen) atoms. The highest BCUT2D eigenvalue weighted by molar-refractivity contribution is 6.04.